The van der Waals surface area contributed by atoms with Gasteiger partial charge in [-0.15, -0.1) is 0 Å². The van der Waals surface area contributed by atoms with Crippen molar-refractivity contribution in [3.05, 3.63) is 22.7 Å². The first-order valence-electron chi connectivity index (χ1n) is 7.38. The van der Waals surface area contributed by atoms with Gasteiger partial charge in [0.05, 0.1) is 12.8 Å². The van der Waals surface area contributed by atoms with Crippen molar-refractivity contribution in [1.29, 1.82) is 0 Å². The van der Waals surface area contributed by atoms with E-state index >= 15 is 0 Å². The predicted octanol–water partition coefficient (Wildman–Crippen LogP) is 3.04. The van der Waals surface area contributed by atoms with Crippen LogP contribution in [-0.4, -0.2) is 36.4 Å². The SMILES string of the molecule is COc1ccc(Br)cc1NC(=O)C(C(C)C)N1CCCC1=O. The molecule has 1 aliphatic heterocycles. The number of methoxy groups -OCH3 is 1. The van der Waals surface area contributed by atoms with Gasteiger partial charge in [-0.2, -0.15) is 0 Å². The summed E-state index contributed by atoms with van der Waals surface area (Å²) in [5.74, 6) is 0.503. The first-order valence-corrected chi connectivity index (χ1v) is 8.17. The zero-order valence-electron chi connectivity index (χ0n) is 13.1. The summed E-state index contributed by atoms with van der Waals surface area (Å²) in [6.45, 7) is 4.55. The summed E-state index contributed by atoms with van der Waals surface area (Å²) in [4.78, 5) is 26.3. The molecule has 0 spiro atoms. The molecule has 5 nitrogen and oxygen atoms in total. The summed E-state index contributed by atoms with van der Waals surface area (Å²) in [6.07, 6.45) is 1.34. The highest BCUT2D eigenvalue weighted by Gasteiger charge is 2.35. The van der Waals surface area contributed by atoms with Crippen LogP contribution in [0.15, 0.2) is 22.7 Å². The van der Waals surface area contributed by atoms with Crippen LogP contribution in [0.3, 0.4) is 0 Å². The molecule has 120 valence electrons. The van der Waals surface area contributed by atoms with Crippen molar-refractivity contribution in [2.75, 3.05) is 19.0 Å². The number of likely N-dealkylation sites (tertiary alicyclic amines) is 1. The van der Waals surface area contributed by atoms with Gasteiger partial charge in [-0.25, -0.2) is 0 Å². The third-order valence-corrected chi connectivity index (χ3v) is 4.26. The molecule has 2 rings (SSSR count). The molecule has 1 saturated heterocycles. The Labute approximate surface area is 139 Å². The highest BCUT2D eigenvalue weighted by molar-refractivity contribution is 9.10. The Morgan fingerprint density at radius 3 is 2.68 bits per heavy atom. The molecule has 0 aliphatic carbocycles. The fourth-order valence-corrected chi connectivity index (χ4v) is 3.11. The first kappa shape index (κ1) is 16.8. The van der Waals surface area contributed by atoms with Crippen LogP contribution >= 0.6 is 15.9 Å². The molecule has 1 atom stereocenters. The lowest BCUT2D eigenvalue weighted by Crippen LogP contribution is -2.48. The van der Waals surface area contributed by atoms with Gasteiger partial charge < -0.3 is 15.0 Å². The van der Waals surface area contributed by atoms with Crippen molar-refractivity contribution in [1.82, 2.24) is 4.90 Å². The number of ether oxygens (including phenoxy) is 1. The van der Waals surface area contributed by atoms with Crippen LogP contribution in [-0.2, 0) is 9.59 Å². The van der Waals surface area contributed by atoms with Crippen LogP contribution in [0.4, 0.5) is 5.69 Å². The number of anilines is 1. The second-order valence-electron chi connectivity index (χ2n) is 5.71. The Kier molecular flexibility index (Phi) is 5.45. The molecule has 0 radical (unpaired) electrons. The molecular weight excluding hydrogens is 348 g/mol. The molecule has 1 aliphatic rings. The van der Waals surface area contributed by atoms with Crippen molar-refractivity contribution < 1.29 is 14.3 Å². The molecule has 1 aromatic carbocycles. The Hall–Kier alpha value is -1.56. The van der Waals surface area contributed by atoms with E-state index in [1.54, 1.807) is 24.1 Å². The van der Waals surface area contributed by atoms with E-state index in [4.69, 9.17) is 4.74 Å². The molecule has 0 aromatic heterocycles. The average molecular weight is 369 g/mol. The van der Waals surface area contributed by atoms with Gasteiger partial charge in [0.1, 0.15) is 11.8 Å². The largest absolute Gasteiger partial charge is 0.495 e. The maximum atomic E-state index is 12.7. The number of halogens is 1. The summed E-state index contributed by atoms with van der Waals surface area (Å²) in [7, 11) is 1.56. The fraction of sp³-hybridized carbons (Fsp3) is 0.500. The van der Waals surface area contributed by atoms with Gasteiger partial charge in [0.2, 0.25) is 11.8 Å². The summed E-state index contributed by atoms with van der Waals surface area (Å²) in [6, 6.07) is 4.96. The van der Waals surface area contributed by atoms with Crippen LogP contribution in [0.1, 0.15) is 26.7 Å². The van der Waals surface area contributed by atoms with Crippen molar-refractivity contribution in [2.45, 2.75) is 32.7 Å². The molecular formula is C16H21BrN2O3. The molecule has 1 fully saturated rings. The smallest absolute Gasteiger partial charge is 0.247 e. The van der Waals surface area contributed by atoms with Crippen LogP contribution < -0.4 is 10.1 Å². The summed E-state index contributed by atoms with van der Waals surface area (Å²) >= 11 is 3.39. The Morgan fingerprint density at radius 1 is 1.41 bits per heavy atom. The monoisotopic (exact) mass is 368 g/mol. The van der Waals surface area contributed by atoms with Gasteiger partial charge in [0.15, 0.2) is 0 Å². The van der Waals surface area contributed by atoms with Crippen molar-refractivity contribution >= 4 is 33.4 Å². The van der Waals surface area contributed by atoms with Gasteiger partial charge in [0, 0.05) is 17.4 Å². The highest BCUT2D eigenvalue weighted by atomic mass is 79.9. The zero-order chi connectivity index (χ0) is 16.3. The van der Waals surface area contributed by atoms with Gasteiger partial charge >= 0.3 is 0 Å². The quantitative estimate of drug-likeness (QED) is 0.868. The standard InChI is InChI=1S/C16H21BrN2O3/c1-10(2)15(19-8-4-5-14(19)20)16(21)18-12-9-11(17)6-7-13(12)22-3/h6-7,9-10,15H,4-5,8H2,1-3H3,(H,18,21). The minimum atomic E-state index is -0.460. The molecule has 1 aromatic rings. The van der Waals surface area contributed by atoms with Crippen LogP contribution in [0, 0.1) is 5.92 Å². The fourth-order valence-electron chi connectivity index (χ4n) is 2.75. The Balaban J connectivity index is 2.22. The van der Waals surface area contributed by atoms with E-state index in [9.17, 15) is 9.59 Å². The topological polar surface area (TPSA) is 58.6 Å². The van der Waals surface area contributed by atoms with Gasteiger partial charge in [0.25, 0.3) is 0 Å². The first-order chi connectivity index (χ1) is 10.4. The van der Waals surface area contributed by atoms with Crippen LogP contribution in [0.5, 0.6) is 5.75 Å². The van der Waals surface area contributed by atoms with E-state index in [1.165, 1.54) is 0 Å². The van der Waals surface area contributed by atoms with E-state index in [1.807, 2.05) is 19.9 Å². The Bertz CT molecular complexity index is 575. The molecule has 1 N–H and O–H groups in total. The zero-order valence-corrected chi connectivity index (χ0v) is 14.6. The van der Waals surface area contributed by atoms with Crippen LogP contribution in [0.25, 0.3) is 0 Å². The molecule has 2 amide bonds. The second kappa shape index (κ2) is 7.13. The minimum absolute atomic E-state index is 0.0418. The molecule has 1 heterocycles. The van der Waals surface area contributed by atoms with E-state index in [-0.39, 0.29) is 17.7 Å². The second-order valence-corrected chi connectivity index (χ2v) is 6.63. The van der Waals surface area contributed by atoms with Crippen LogP contribution in [0.2, 0.25) is 0 Å². The number of rotatable bonds is 5. The lowest BCUT2D eigenvalue weighted by atomic mass is 10.0. The number of hydrogen-bond acceptors (Lipinski definition) is 3. The van der Waals surface area contributed by atoms with Crippen molar-refractivity contribution in [2.24, 2.45) is 5.92 Å². The highest BCUT2D eigenvalue weighted by Crippen LogP contribution is 2.29. The van der Waals surface area contributed by atoms with E-state index in [0.29, 0.717) is 24.4 Å². The van der Waals surface area contributed by atoms with Gasteiger partial charge in [-0.1, -0.05) is 29.8 Å². The Morgan fingerprint density at radius 2 is 2.14 bits per heavy atom. The maximum Gasteiger partial charge on any atom is 0.247 e. The summed E-state index contributed by atoms with van der Waals surface area (Å²) in [5, 5.41) is 2.89. The number of carbonyl (C=O) groups excluding carboxylic acids is 2. The van der Waals surface area contributed by atoms with E-state index < -0.39 is 6.04 Å². The number of nitrogens with one attached hydrogen (secondary N) is 1. The number of amides is 2. The third kappa shape index (κ3) is 3.61. The number of benzene rings is 1. The van der Waals surface area contributed by atoms with Crippen molar-refractivity contribution in [3.8, 4) is 5.75 Å². The molecule has 1 unspecified atom stereocenters. The maximum absolute atomic E-state index is 12.7. The lowest BCUT2D eigenvalue weighted by molar-refractivity contribution is -0.136. The molecule has 0 bridgehead atoms. The molecule has 0 saturated carbocycles. The summed E-state index contributed by atoms with van der Waals surface area (Å²) < 4.78 is 6.12. The number of nitrogens with zero attached hydrogens (tertiary/aromatic N) is 1. The molecule has 6 heteroatoms. The average Bonchev–Trinajstić information content (AvgIpc) is 2.85. The number of hydrogen-bond donors (Lipinski definition) is 1. The summed E-state index contributed by atoms with van der Waals surface area (Å²) in [5.41, 5.74) is 0.596. The van der Waals surface area contributed by atoms with E-state index in [2.05, 4.69) is 21.2 Å². The number of carbonyl (C=O) groups is 2. The molecule has 22 heavy (non-hydrogen) atoms. The third-order valence-electron chi connectivity index (χ3n) is 3.77. The predicted molar refractivity (Wildman–Crippen MR) is 88.9 cm³/mol. The lowest BCUT2D eigenvalue weighted by Gasteiger charge is -2.30. The van der Waals surface area contributed by atoms with Gasteiger partial charge in [-0.05, 0) is 30.5 Å². The van der Waals surface area contributed by atoms with Gasteiger partial charge in [-0.3, -0.25) is 9.59 Å². The minimum Gasteiger partial charge on any atom is -0.495 e. The normalized spacial score (nSPS) is 16.0. The van der Waals surface area contributed by atoms with Crippen molar-refractivity contribution in [3.63, 3.8) is 0 Å². The van der Waals surface area contributed by atoms with E-state index in [0.717, 1.165) is 10.9 Å².